The zero-order valence-electron chi connectivity index (χ0n) is 12.2. The Labute approximate surface area is 130 Å². The summed E-state index contributed by atoms with van der Waals surface area (Å²) in [7, 11) is 0. The van der Waals surface area contributed by atoms with Crippen LogP contribution >= 0.6 is 0 Å². The molecule has 0 aromatic heterocycles. The molecule has 0 unspecified atom stereocenters. The van der Waals surface area contributed by atoms with Gasteiger partial charge in [-0.15, -0.1) is 0 Å². The molecule has 0 bridgehead atoms. The zero-order chi connectivity index (χ0) is 14.1. The third-order valence-corrected chi connectivity index (χ3v) is 16.5. The van der Waals surface area contributed by atoms with E-state index in [1.807, 2.05) is 0 Å². The molecular formula is C20H20Nb. The van der Waals surface area contributed by atoms with Gasteiger partial charge in [-0.3, -0.25) is 0 Å². The van der Waals surface area contributed by atoms with Gasteiger partial charge >= 0.3 is 131 Å². The van der Waals surface area contributed by atoms with Crippen molar-refractivity contribution in [3.05, 3.63) is 88.1 Å². The first-order chi connectivity index (χ1) is 10.4. The summed E-state index contributed by atoms with van der Waals surface area (Å²) in [5.41, 5.74) is 0. The number of rotatable bonds is 4. The molecule has 4 aliphatic carbocycles. The van der Waals surface area contributed by atoms with E-state index >= 15 is 0 Å². The van der Waals surface area contributed by atoms with Crippen molar-refractivity contribution in [2.45, 2.75) is 25.7 Å². The monoisotopic (exact) mass is 353 g/mol. The Bertz CT molecular complexity index is 577. The van der Waals surface area contributed by atoms with E-state index in [1.54, 1.807) is 15.2 Å². The Morgan fingerprint density at radius 2 is 0.762 bits per heavy atom. The first kappa shape index (κ1) is 13.3. The molecule has 21 heavy (non-hydrogen) atoms. The third kappa shape index (κ3) is 2.02. The molecule has 1 heteroatoms. The summed E-state index contributed by atoms with van der Waals surface area (Å²) in [5, 5.41) is 0. The van der Waals surface area contributed by atoms with Crippen molar-refractivity contribution in [3.63, 3.8) is 0 Å². The van der Waals surface area contributed by atoms with Gasteiger partial charge in [0.2, 0.25) is 0 Å². The van der Waals surface area contributed by atoms with Gasteiger partial charge in [-0.25, -0.2) is 0 Å². The third-order valence-electron chi connectivity index (χ3n) is 4.73. The van der Waals surface area contributed by atoms with Crippen LogP contribution < -0.4 is 0 Å². The van der Waals surface area contributed by atoms with Gasteiger partial charge in [-0.1, -0.05) is 0 Å². The van der Waals surface area contributed by atoms with Gasteiger partial charge in [0.1, 0.15) is 0 Å². The molecule has 0 fully saturated rings. The maximum atomic E-state index is 2.43. The molecule has 0 nitrogen and oxygen atoms in total. The van der Waals surface area contributed by atoms with E-state index in [9.17, 15) is 0 Å². The fourth-order valence-corrected chi connectivity index (χ4v) is 16.1. The normalized spacial score (nSPS) is 22.9. The van der Waals surface area contributed by atoms with Crippen molar-refractivity contribution >= 4 is 0 Å². The molecule has 0 aliphatic heterocycles. The Morgan fingerprint density at radius 3 is 0.952 bits per heavy atom. The van der Waals surface area contributed by atoms with Crippen LogP contribution in [0.4, 0.5) is 0 Å². The van der Waals surface area contributed by atoms with Crippen LogP contribution in [0.25, 0.3) is 0 Å². The molecule has 0 spiro atoms. The number of hydrogen-bond acceptors (Lipinski definition) is 0. The first-order valence-electron chi connectivity index (χ1n) is 7.76. The van der Waals surface area contributed by atoms with Crippen LogP contribution in [-0.4, -0.2) is 0 Å². The summed E-state index contributed by atoms with van der Waals surface area (Å²) in [4.78, 5) is 0. The number of allylic oxidation sites excluding steroid dienone is 16. The Kier molecular flexibility index (Phi) is 3.46. The van der Waals surface area contributed by atoms with E-state index in [-0.39, 0.29) is 0 Å². The minimum atomic E-state index is -2.70. The average molecular weight is 353 g/mol. The van der Waals surface area contributed by atoms with E-state index in [1.165, 1.54) is 0 Å². The molecule has 0 aromatic rings. The second-order valence-corrected chi connectivity index (χ2v) is 14.8. The van der Waals surface area contributed by atoms with Gasteiger partial charge in [-0.2, -0.15) is 0 Å². The molecule has 0 amide bonds. The van der Waals surface area contributed by atoms with Gasteiger partial charge < -0.3 is 0 Å². The standard InChI is InChI=1S/4C5H5.Nb/c4*1-2-4-5-3-1;/h4*1-3H,4H2;. The molecule has 0 heterocycles. The summed E-state index contributed by atoms with van der Waals surface area (Å²) in [6, 6.07) is 0. The van der Waals surface area contributed by atoms with Gasteiger partial charge in [0.15, 0.2) is 0 Å². The van der Waals surface area contributed by atoms with Crippen LogP contribution in [0, 0.1) is 0 Å². The molecule has 0 radical (unpaired) electrons. The topological polar surface area (TPSA) is 0 Å². The molecule has 4 rings (SSSR count). The predicted molar refractivity (Wildman–Crippen MR) is 87.4 cm³/mol. The van der Waals surface area contributed by atoms with Crippen molar-refractivity contribution in [1.82, 2.24) is 0 Å². The first-order valence-corrected chi connectivity index (χ1v) is 12.2. The summed E-state index contributed by atoms with van der Waals surface area (Å²) in [5.74, 6) is 0. The predicted octanol–water partition coefficient (Wildman–Crippen LogP) is 5.52. The molecule has 105 valence electrons. The van der Waals surface area contributed by atoms with Gasteiger partial charge in [0.05, 0.1) is 0 Å². The van der Waals surface area contributed by atoms with Gasteiger partial charge in [0.25, 0.3) is 0 Å². The fourth-order valence-electron chi connectivity index (χ4n) is 3.85. The van der Waals surface area contributed by atoms with Crippen LogP contribution in [0.15, 0.2) is 88.1 Å². The quantitative estimate of drug-likeness (QED) is 0.584. The van der Waals surface area contributed by atoms with Crippen molar-refractivity contribution in [1.29, 1.82) is 0 Å². The summed E-state index contributed by atoms with van der Waals surface area (Å²) in [6.07, 6.45) is 32.8. The molecule has 0 N–H and O–H groups in total. The summed E-state index contributed by atoms with van der Waals surface area (Å²) < 4.78 is 6.98. The minimum absolute atomic E-state index is 1.16. The molecule has 0 aromatic carbocycles. The second-order valence-electron chi connectivity index (χ2n) is 5.83. The Balaban J connectivity index is 1.90. The molecule has 0 saturated carbocycles. The fraction of sp³-hybridized carbons (Fsp3) is 0.200. The van der Waals surface area contributed by atoms with Crippen LogP contribution in [0.3, 0.4) is 0 Å². The SMILES string of the molecule is C1=CC[C]([Nb]([C]2=CC=CC2)([C]2=CC=CC2)[C]2=CC=CC2)=C1. The van der Waals surface area contributed by atoms with Crippen molar-refractivity contribution in [2.75, 3.05) is 0 Å². The van der Waals surface area contributed by atoms with Crippen LogP contribution in [0.1, 0.15) is 25.7 Å². The Morgan fingerprint density at radius 1 is 0.476 bits per heavy atom. The second kappa shape index (κ2) is 5.46. The average Bonchev–Trinajstić information content (AvgIpc) is 3.32. The molecular weight excluding hydrogens is 333 g/mol. The van der Waals surface area contributed by atoms with Crippen LogP contribution in [-0.2, 0) is 17.1 Å². The van der Waals surface area contributed by atoms with Crippen molar-refractivity contribution < 1.29 is 17.1 Å². The van der Waals surface area contributed by atoms with E-state index in [0.29, 0.717) is 0 Å². The maximum absolute atomic E-state index is 2.70. The molecule has 0 atom stereocenters. The van der Waals surface area contributed by atoms with Gasteiger partial charge in [-0.05, 0) is 0 Å². The van der Waals surface area contributed by atoms with E-state index in [0.717, 1.165) is 25.7 Å². The van der Waals surface area contributed by atoms with Crippen LogP contribution in [0.5, 0.6) is 0 Å². The molecule has 0 saturated heterocycles. The summed E-state index contributed by atoms with van der Waals surface area (Å²) in [6.45, 7) is 0. The van der Waals surface area contributed by atoms with E-state index < -0.39 is 17.1 Å². The Hall–Kier alpha value is -1.34. The van der Waals surface area contributed by atoms with Gasteiger partial charge in [0, 0.05) is 0 Å². The molecule has 4 aliphatic rings. The van der Waals surface area contributed by atoms with E-state index in [2.05, 4.69) is 72.9 Å². The number of hydrogen-bond donors (Lipinski definition) is 0. The van der Waals surface area contributed by atoms with Crippen molar-refractivity contribution in [2.24, 2.45) is 0 Å². The summed E-state index contributed by atoms with van der Waals surface area (Å²) >= 11 is -2.70. The zero-order valence-corrected chi connectivity index (χ0v) is 14.4. The van der Waals surface area contributed by atoms with E-state index in [4.69, 9.17) is 0 Å². The van der Waals surface area contributed by atoms with Crippen LogP contribution in [0.2, 0.25) is 0 Å². The van der Waals surface area contributed by atoms with Crippen molar-refractivity contribution in [3.8, 4) is 0 Å².